The van der Waals surface area contributed by atoms with Gasteiger partial charge in [-0.1, -0.05) is 30.3 Å². The number of ether oxygens (including phenoxy) is 1. The monoisotopic (exact) mass is 467 g/mol. The van der Waals surface area contributed by atoms with Gasteiger partial charge in [0.2, 0.25) is 5.91 Å². The summed E-state index contributed by atoms with van der Waals surface area (Å²) >= 11 is 0. The van der Waals surface area contributed by atoms with E-state index in [4.69, 9.17) is 10.5 Å². The first kappa shape index (κ1) is 22.1. The molecule has 1 amide bonds. The van der Waals surface area contributed by atoms with Crippen molar-refractivity contribution < 1.29 is 9.53 Å². The molecule has 5 aromatic rings. The summed E-state index contributed by atoms with van der Waals surface area (Å²) in [5.74, 6) is 1.77. The maximum absolute atomic E-state index is 12.6. The number of carbonyl (C=O) groups excluding carboxylic acids is 1. The topological polar surface area (TPSA) is 113 Å². The summed E-state index contributed by atoms with van der Waals surface area (Å²) < 4.78 is 9.68. The van der Waals surface area contributed by atoms with Gasteiger partial charge in [-0.3, -0.25) is 4.79 Å². The quantitative estimate of drug-likeness (QED) is 0.318. The van der Waals surface area contributed by atoms with Gasteiger partial charge >= 0.3 is 0 Å². The molecule has 0 bridgehead atoms. The van der Waals surface area contributed by atoms with Crippen LogP contribution in [-0.2, 0) is 17.9 Å². The summed E-state index contributed by atoms with van der Waals surface area (Å²) in [4.78, 5) is 25.2. The van der Waals surface area contributed by atoms with Crippen LogP contribution in [0.1, 0.15) is 6.42 Å². The Bertz CT molecular complexity index is 1410. The van der Waals surface area contributed by atoms with E-state index in [0.29, 0.717) is 18.0 Å². The Morgan fingerprint density at radius 2 is 1.83 bits per heavy atom. The molecule has 3 N–H and O–H groups in total. The highest BCUT2D eigenvalue weighted by molar-refractivity contribution is 6.01. The van der Waals surface area contributed by atoms with E-state index in [1.807, 2.05) is 76.1 Å². The summed E-state index contributed by atoms with van der Waals surface area (Å²) in [6, 6.07) is 17.3. The smallest absolute Gasteiger partial charge is 0.239 e. The minimum Gasteiger partial charge on any atom is -0.457 e. The molecule has 0 aliphatic carbocycles. The molecule has 0 atom stereocenters. The largest absolute Gasteiger partial charge is 0.457 e. The van der Waals surface area contributed by atoms with Gasteiger partial charge in [0.1, 0.15) is 35.8 Å². The zero-order chi connectivity index (χ0) is 24.0. The number of fused-ring (bicyclic) bond motifs is 1. The number of rotatable bonds is 9. The van der Waals surface area contributed by atoms with Gasteiger partial charge in [-0.25, -0.2) is 15.0 Å². The number of amides is 1. The van der Waals surface area contributed by atoms with Crippen LogP contribution in [0.4, 0.5) is 5.82 Å². The molecule has 0 unspecified atom stereocenters. The molecule has 5 rings (SSSR count). The van der Waals surface area contributed by atoms with Crippen LogP contribution in [0.2, 0.25) is 0 Å². The number of hydrogen-bond donors (Lipinski definition) is 2. The fraction of sp³-hybridized carbons (Fsp3) is 0.154. The van der Waals surface area contributed by atoms with Gasteiger partial charge in [0, 0.05) is 37.2 Å². The number of hydrogen-bond acceptors (Lipinski definition) is 6. The molecule has 9 nitrogen and oxygen atoms in total. The predicted molar refractivity (Wildman–Crippen MR) is 134 cm³/mol. The van der Waals surface area contributed by atoms with Gasteiger partial charge in [-0.2, -0.15) is 0 Å². The molecule has 3 aromatic heterocycles. The van der Waals surface area contributed by atoms with Crippen molar-refractivity contribution in [1.82, 2.24) is 29.4 Å². The van der Waals surface area contributed by atoms with Gasteiger partial charge in [0.05, 0.1) is 11.7 Å². The summed E-state index contributed by atoms with van der Waals surface area (Å²) in [5, 5.41) is 3.69. The third-order valence-electron chi connectivity index (χ3n) is 5.62. The first-order valence-electron chi connectivity index (χ1n) is 11.3. The van der Waals surface area contributed by atoms with Gasteiger partial charge < -0.3 is 24.9 Å². The SMILES string of the molecule is Nc1ncnc2c1c(-c1ccc(Oc3ccccc3)cc1)cn2CC(=O)NCCCn1ccnc1. The molecule has 0 fully saturated rings. The number of nitrogens with one attached hydrogen (secondary N) is 1. The third kappa shape index (κ3) is 5.14. The number of anilines is 1. The van der Waals surface area contributed by atoms with Gasteiger partial charge in [-0.15, -0.1) is 0 Å². The van der Waals surface area contributed by atoms with Crippen molar-refractivity contribution in [3.8, 4) is 22.6 Å². The normalized spacial score (nSPS) is 11.0. The van der Waals surface area contributed by atoms with E-state index >= 15 is 0 Å². The van der Waals surface area contributed by atoms with Crippen LogP contribution in [0.15, 0.2) is 85.8 Å². The first-order valence-corrected chi connectivity index (χ1v) is 11.3. The molecular weight excluding hydrogens is 442 g/mol. The van der Waals surface area contributed by atoms with Crippen LogP contribution in [-0.4, -0.2) is 36.5 Å². The Morgan fingerprint density at radius 1 is 1.03 bits per heavy atom. The van der Waals surface area contributed by atoms with Crippen molar-refractivity contribution in [1.29, 1.82) is 0 Å². The maximum atomic E-state index is 12.6. The standard InChI is InChI=1S/C26H25N7O2/c27-25-24-22(19-7-9-21(10-8-19)35-20-5-2-1-3-6-20)15-33(26(24)31-17-30-25)16-23(34)29-11-4-13-32-14-12-28-18-32/h1-3,5-10,12,14-15,17-18H,4,11,13,16H2,(H,29,34)(H2,27,30,31). The third-order valence-corrected chi connectivity index (χ3v) is 5.62. The molecule has 176 valence electrons. The van der Waals surface area contributed by atoms with E-state index in [9.17, 15) is 4.79 Å². The van der Waals surface area contributed by atoms with Gasteiger partial charge in [0.15, 0.2) is 0 Å². The molecule has 9 heteroatoms. The number of carbonyl (C=O) groups is 1. The molecule has 0 aliphatic heterocycles. The van der Waals surface area contributed by atoms with Crippen LogP contribution in [0.5, 0.6) is 11.5 Å². The van der Waals surface area contributed by atoms with E-state index in [1.165, 1.54) is 6.33 Å². The first-order chi connectivity index (χ1) is 17.2. The van der Waals surface area contributed by atoms with Crippen LogP contribution in [0, 0.1) is 0 Å². The van der Waals surface area contributed by atoms with Crippen molar-refractivity contribution in [3.63, 3.8) is 0 Å². The molecule has 0 aliphatic rings. The Kier molecular flexibility index (Phi) is 6.38. The van der Waals surface area contributed by atoms with Gasteiger partial charge in [-0.05, 0) is 36.2 Å². The number of imidazole rings is 1. The Labute approximate surface area is 202 Å². The molecule has 35 heavy (non-hydrogen) atoms. The second kappa shape index (κ2) is 10.1. The number of para-hydroxylation sites is 1. The maximum Gasteiger partial charge on any atom is 0.239 e. The highest BCUT2D eigenvalue weighted by Crippen LogP contribution is 2.34. The van der Waals surface area contributed by atoms with E-state index in [1.54, 1.807) is 12.5 Å². The highest BCUT2D eigenvalue weighted by atomic mass is 16.5. The number of nitrogen functional groups attached to an aromatic ring is 1. The van der Waals surface area contributed by atoms with E-state index in [0.717, 1.165) is 41.0 Å². The molecule has 0 saturated heterocycles. The molecule has 0 spiro atoms. The fourth-order valence-corrected chi connectivity index (χ4v) is 3.93. The predicted octanol–water partition coefficient (Wildman–Crippen LogP) is 3.88. The molecule has 3 heterocycles. The number of aryl methyl sites for hydroxylation is 1. The summed E-state index contributed by atoms with van der Waals surface area (Å²) in [6.45, 7) is 1.50. The second-order valence-corrected chi connectivity index (χ2v) is 8.07. The molecule has 0 radical (unpaired) electrons. The van der Waals surface area contributed by atoms with Crippen LogP contribution < -0.4 is 15.8 Å². The zero-order valence-electron chi connectivity index (χ0n) is 19.0. The lowest BCUT2D eigenvalue weighted by Gasteiger charge is -2.07. The zero-order valence-corrected chi connectivity index (χ0v) is 19.0. The number of benzene rings is 2. The van der Waals surface area contributed by atoms with Crippen LogP contribution in [0.3, 0.4) is 0 Å². The average molecular weight is 468 g/mol. The van der Waals surface area contributed by atoms with Crippen molar-refractivity contribution in [2.24, 2.45) is 0 Å². The second-order valence-electron chi connectivity index (χ2n) is 8.07. The Hall–Kier alpha value is -4.66. The van der Waals surface area contributed by atoms with Crippen molar-refractivity contribution in [3.05, 3.63) is 85.8 Å². The average Bonchev–Trinajstić information content (AvgIpc) is 3.52. The minimum atomic E-state index is -0.0946. The Morgan fingerprint density at radius 3 is 2.60 bits per heavy atom. The molecular formula is C26H25N7O2. The van der Waals surface area contributed by atoms with Crippen molar-refractivity contribution in [2.75, 3.05) is 12.3 Å². The summed E-state index contributed by atoms with van der Waals surface area (Å²) in [5.41, 5.74) is 8.62. The summed E-state index contributed by atoms with van der Waals surface area (Å²) in [6.07, 6.45) is 9.53. The molecule has 2 aromatic carbocycles. The van der Waals surface area contributed by atoms with E-state index in [-0.39, 0.29) is 12.5 Å². The Balaban J connectivity index is 1.31. The lowest BCUT2D eigenvalue weighted by Crippen LogP contribution is -2.28. The fourth-order valence-electron chi connectivity index (χ4n) is 3.93. The van der Waals surface area contributed by atoms with Crippen LogP contribution >= 0.6 is 0 Å². The number of nitrogens with zero attached hydrogens (tertiary/aromatic N) is 5. The highest BCUT2D eigenvalue weighted by Gasteiger charge is 2.17. The van der Waals surface area contributed by atoms with Crippen molar-refractivity contribution >= 4 is 22.8 Å². The van der Waals surface area contributed by atoms with E-state index < -0.39 is 0 Å². The number of nitrogens with two attached hydrogens (primary N) is 1. The minimum absolute atomic E-state index is 0.0946. The van der Waals surface area contributed by atoms with Gasteiger partial charge in [0.25, 0.3) is 0 Å². The molecule has 0 saturated carbocycles. The number of aromatic nitrogens is 5. The summed E-state index contributed by atoms with van der Waals surface area (Å²) in [7, 11) is 0. The van der Waals surface area contributed by atoms with E-state index in [2.05, 4.69) is 20.3 Å². The lowest BCUT2D eigenvalue weighted by atomic mass is 10.1. The van der Waals surface area contributed by atoms with Crippen molar-refractivity contribution in [2.45, 2.75) is 19.5 Å². The lowest BCUT2D eigenvalue weighted by molar-refractivity contribution is -0.121. The van der Waals surface area contributed by atoms with Crippen LogP contribution in [0.25, 0.3) is 22.2 Å².